The molecule has 1 unspecified atom stereocenters. The number of anilines is 2. The molecule has 0 radical (unpaired) electrons. The third-order valence-corrected chi connectivity index (χ3v) is 3.27. The zero-order valence-electron chi connectivity index (χ0n) is 13.0. The van der Waals surface area contributed by atoms with Crippen molar-refractivity contribution in [1.82, 2.24) is 9.97 Å². The SMILES string of the molecule is CCCNc1nc(N(C)C(C)CCC)cc(C(F)(F)F)n1. The van der Waals surface area contributed by atoms with Gasteiger partial charge in [0, 0.05) is 25.7 Å². The van der Waals surface area contributed by atoms with Crippen LogP contribution in [-0.4, -0.2) is 29.6 Å². The first-order valence-corrected chi connectivity index (χ1v) is 7.22. The molecule has 1 atom stereocenters. The highest BCUT2D eigenvalue weighted by Gasteiger charge is 2.34. The van der Waals surface area contributed by atoms with Crippen LogP contribution in [0, 0.1) is 0 Å². The van der Waals surface area contributed by atoms with Gasteiger partial charge in [0.25, 0.3) is 0 Å². The fraction of sp³-hybridized carbons (Fsp3) is 0.714. The number of aromatic nitrogens is 2. The summed E-state index contributed by atoms with van der Waals surface area (Å²) < 4.78 is 38.8. The van der Waals surface area contributed by atoms with E-state index in [0.29, 0.717) is 6.54 Å². The normalized spacial score (nSPS) is 13.1. The summed E-state index contributed by atoms with van der Waals surface area (Å²) in [5.41, 5.74) is -0.915. The van der Waals surface area contributed by atoms with Crippen LogP contribution in [0.5, 0.6) is 0 Å². The Balaban J connectivity index is 3.11. The maximum Gasteiger partial charge on any atom is 0.433 e. The van der Waals surface area contributed by atoms with Gasteiger partial charge in [-0.3, -0.25) is 0 Å². The molecule has 0 saturated heterocycles. The highest BCUT2D eigenvalue weighted by atomic mass is 19.4. The summed E-state index contributed by atoms with van der Waals surface area (Å²) in [6.45, 7) is 6.48. The molecule has 1 N–H and O–H groups in total. The van der Waals surface area contributed by atoms with Gasteiger partial charge in [-0.1, -0.05) is 20.3 Å². The Hall–Kier alpha value is -1.53. The first kappa shape index (κ1) is 17.5. The Morgan fingerprint density at radius 1 is 1.24 bits per heavy atom. The van der Waals surface area contributed by atoms with Crippen molar-refractivity contribution >= 4 is 11.8 Å². The van der Waals surface area contributed by atoms with Gasteiger partial charge in [-0.25, -0.2) is 4.98 Å². The quantitative estimate of drug-likeness (QED) is 0.828. The molecule has 1 heterocycles. The molecule has 120 valence electrons. The third-order valence-electron chi connectivity index (χ3n) is 3.27. The highest BCUT2D eigenvalue weighted by molar-refractivity contribution is 5.45. The van der Waals surface area contributed by atoms with Crippen molar-refractivity contribution < 1.29 is 13.2 Å². The smallest absolute Gasteiger partial charge is 0.357 e. The largest absolute Gasteiger partial charge is 0.433 e. The summed E-state index contributed by atoms with van der Waals surface area (Å²) in [7, 11) is 1.76. The molecule has 1 aromatic rings. The Labute approximate surface area is 123 Å². The van der Waals surface area contributed by atoms with Gasteiger partial charge in [0.2, 0.25) is 5.95 Å². The summed E-state index contributed by atoms with van der Waals surface area (Å²) in [5, 5.41) is 2.82. The van der Waals surface area contributed by atoms with Crippen LogP contribution in [-0.2, 0) is 6.18 Å². The van der Waals surface area contributed by atoms with Crippen molar-refractivity contribution in [3.63, 3.8) is 0 Å². The van der Waals surface area contributed by atoms with Crippen LogP contribution >= 0.6 is 0 Å². The molecule has 1 aromatic heterocycles. The molecule has 0 fully saturated rings. The number of nitrogens with one attached hydrogen (secondary N) is 1. The predicted octanol–water partition coefficient (Wildman–Crippen LogP) is 3.94. The number of nitrogens with zero attached hydrogens (tertiary/aromatic N) is 3. The Morgan fingerprint density at radius 2 is 1.90 bits per heavy atom. The maximum atomic E-state index is 12.9. The second-order valence-corrected chi connectivity index (χ2v) is 5.11. The Morgan fingerprint density at radius 3 is 2.43 bits per heavy atom. The molecule has 0 aliphatic rings. The van der Waals surface area contributed by atoms with Crippen LogP contribution in [0.25, 0.3) is 0 Å². The lowest BCUT2D eigenvalue weighted by molar-refractivity contribution is -0.141. The second kappa shape index (κ2) is 7.47. The van der Waals surface area contributed by atoms with Gasteiger partial charge >= 0.3 is 6.18 Å². The van der Waals surface area contributed by atoms with Gasteiger partial charge in [-0.05, 0) is 19.8 Å². The number of hydrogen-bond acceptors (Lipinski definition) is 4. The van der Waals surface area contributed by atoms with Crippen LogP contribution in [0.2, 0.25) is 0 Å². The van der Waals surface area contributed by atoms with Crippen molar-refractivity contribution in [2.45, 2.75) is 52.3 Å². The minimum Gasteiger partial charge on any atom is -0.357 e. The van der Waals surface area contributed by atoms with E-state index in [1.165, 1.54) is 0 Å². The molecule has 0 aromatic carbocycles. The van der Waals surface area contributed by atoms with Crippen molar-refractivity contribution in [2.24, 2.45) is 0 Å². The Kier molecular flexibility index (Phi) is 6.23. The van der Waals surface area contributed by atoms with E-state index >= 15 is 0 Å². The highest BCUT2D eigenvalue weighted by Crippen LogP contribution is 2.31. The molecule has 0 aliphatic carbocycles. The van der Waals surface area contributed by atoms with Crippen LogP contribution in [0.1, 0.15) is 45.7 Å². The topological polar surface area (TPSA) is 41.1 Å². The minimum absolute atomic E-state index is 0.0252. The zero-order valence-corrected chi connectivity index (χ0v) is 13.0. The van der Waals surface area contributed by atoms with E-state index in [0.717, 1.165) is 25.3 Å². The lowest BCUT2D eigenvalue weighted by Gasteiger charge is -2.26. The third kappa shape index (κ3) is 5.06. The molecule has 7 heteroatoms. The predicted molar refractivity (Wildman–Crippen MR) is 78.6 cm³/mol. The van der Waals surface area contributed by atoms with Crippen LogP contribution in [0.4, 0.5) is 24.9 Å². The molecule has 0 bridgehead atoms. The van der Waals surface area contributed by atoms with Gasteiger partial charge in [0.15, 0.2) is 5.69 Å². The average molecular weight is 304 g/mol. The average Bonchev–Trinajstić information content (AvgIpc) is 2.43. The number of alkyl halides is 3. The Bertz CT molecular complexity index is 448. The molecule has 0 spiro atoms. The molecular formula is C14H23F3N4. The number of halogens is 3. The minimum atomic E-state index is -4.48. The van der Waals surface area contributed by atoms with Crippen molar-refractivity contribution in [3.05, 3.63) is 11.8 Å². The zero-order chi connectivity index (χ0) is 16.0. The van der Waals surface area contributed by atoms with E-state index in [9.17, 15) is 13.2 Å². The summed E-state index contributed by atoms with van der Waals surface area (Å²) in [6, 6.07) is 1.12. The van der Waals surface area contributed by atoms with Crippen LogP contribution in [0.15, 0.2) is 6.07 Å². The molecule has 1 rings (SSSR count). The molecule has 0 saturated carbocycles. The van der Waals surface area contributed by atoms with Gasteiger partial charge in [0.1, 0.15) is 5.82 Å². The van der Waals surface area contributed by atoms with E-state index in [1.807, 2.05) is 20.8 Å². The summed E-state index contributed by atoms with van der Waals surface area (Å²) in [6.07, 6.45) is -1.84. The van der Waals surface area contributed by atoms with Gasteiger partial charge < -0.3 is 10.2 Å². The maximum absolute atomic E-state index is 12.9. The first-order valence-electron chi connectivity index (χ1n) is 7.22. The van der Waals surface area contributed by atoms with E-state index in [1.54, 1.807) is 11.9 Å². The second-order valence-electron chi connectivity index (χ2n) is 5.11. The summed E-state index contributed by atoms with van der Waals surface area (Å²) in [4.78, 5) is 9.51. The molecule has 4 nitrogen and oxygen atoms in total. The van der Waals surface area contributed by atoms with Crippen molar-refractivity contribution in [2.75, 3.05) is 23.8 Å². The monoisotopic (exact) mass is 304 g/mol. The summed E-state index contributed by atoms with van der Waals surface area (Å²) in [5.74, 6) is 0.314. The lowest BCUT2D eigenvalue weighted by Crippen LogP contribution is -2.30. The van der Waals surface area contributed by atoms with E-state index in [2.05, 4.69) is 15.3 Å². The van der Waals surface area contributed by atoms with E-state index in [4.69, 9.17) is 0 Å². The standard InChI is InChI=1S/C14H23F3N4/c1-5-7-10(3)21(4)12-9-11(14(15,16)17)19-13(20-12)18-8-6-2/h9-10H,5-8H2,1-4H3,(H,18,19,20). The lowest BCUT2D eigenvalue weighted by atomic mass is 10.2. The van der Waals surface area contributed by atoms with E-state index < -0.39 is 11.9 Å². The van der Waals surface area contributed by atoms with Crippen molar-refractivity contribution in [1.29, 1.82) is 0 Å². The molecule has 21 heavy (non-hydrogen) atoms. The van der Waals surface area contributed by atoms with E-state index in [-0.39, 0.29) is 17.8 Å². The van der Waals surface area contributed by atoms with Gasteiger partial charge in [0.05, 0.1) is 0 Å². The molecule has 0 amide bonds. The fourth-order valence-corrected chi connectivity index (χ4v) is 1.91. The van der Waals surface area contributed by atoms with Crippen molar-refractivity contribution in [3.8, 4) is 0 Å². The molecule has 0 aliphatic heterocycles. The van der Waals surface area contributed by atoms with Gasteiger partial charge in [-0.15, -0.1) is 0 Å². The van der Waals surface area contributed by atoms with Crippen LogP contribution < -0.4 is 10.2 Å². The summed E-state index contributed by atoms with van der Waals surface area (Å²) >= 11 is 0. The number of hydrogen-bond donors (Lipinski definition) is 1. The molecular weight excluding hydrogens is 281 g/mol. The first-order chi connectivity index (χ1) is 9.79. The van der Waals surface area contributed by atoms with Crippen LogP contribution in [0.3, 0.4) is 0 Å². The van der Waals surface area contributed by atoms with Gasteiger partial charge in [-0.2, -0.15) is 18.2 Å². The fourth-order valence-electron chi connectivity index (χ4n) is 1.91. The number of rotatable bonds is 7.